The first-order valence-electron chi connectivity index (χ1n) is 5.02. The Labute approximate surface area is 73.8 Å². The van der Waals surface area contributed by atoms with Gasteiger partial charge in [0.2, 0.25) is 0 Å². The summed E-state index contributed by atoms with van der Waals surface area (Å²) in [5.41, 5.74) is 1.12. The van der Waals surface area contributed by atoms with Crippen molar-refractivity contribution >= 4 is 5.78 Å². The minimum atomic E-state index is 0.314. The third-order valence-electron chi connectivity index (χ3n) is 3.10. The molecule has 0 aromatic heterocycles. The summed E-state index contributed by atoms with van der Waals surface area (Å²) in [4.78, 5) is 11.8. The van der Waals surface area contributed by atoms with Crippen molar-refractivity contribution in [2.45, 2.75) is 39.0 Å². The minimum Gasteiger partial charge on any atom is -0.294 e. The van der Waals surface area contributed by atoms with Gasteiger partial charge in [0.15, 0.2) is 5.78 Å². The molecular weight excluding hydrogens is 148 g/mol. The van der Waals surface area contributed by atoms with E-state index in [1.807, 2.05) is 0 Å². The lowest BCUT2D eigenvalue weighted by molar-refractivity contribution is -0.119. The third kappa shape index (κ3) is 1.45. The maximum Gasteiger partial charge on any atom is 0.161 e. The van der Waals surface area contributed by atoms with Gasteiger partial charge in [0, 0.05) is 5.92 Å². The van der Waals surface area contributed by atoms with Crippen LogP contribution in [0.2, 0.25) is 0 Å². The van der Waals surface area contributed by atoms with Gasteiger partial charge in [-0.1, -0.05) is 13.0 Å². The van der Waals surface area contributed by atoms with E-state index in [1.165, 1.54) is 19.3 Å². The van der Waals surface area contributed by atoms with Crippen LogP contribution in [0.25, 0.3) is 0 Å². The number of Topliss-reactive ketones (excluding diaryl/α,β-unsaturated/α-hetero) is 1. The second-order valence-corrected chi connectivity index (χ2v) is 4.11. The predicted octanol–water partition coefficient (Wildman–Crippen LogP) is 2.71. The Kier molecular flexibility index (Phi) is 2.03. The smallest absolute Gasteiger partial charge is 0.161 e. The lowest BCUT2D eigenvalue weighted by atomic mass is 9.95. The van der Waals surface area contributed by atoms with Gasteiger partial charge in [-0.25, -0.2) is 0 Å². The van der Waals surface area contributed by atoms with Crippen molar-refractivity contribution in [1.82, 2.24) is 0 Å². The van der Waals surface area contributed by atoms with Gasteiger partial charge in [0.25, 0.3) is 0 Å². The molecule has 66 valence electrons. The fourth-order valence-electron chi connectivity index (χ4n) is 2.00. The summed E-state index contributed by atoms with van der Waals surface area (Å²) in [6.45, 7) is 2.10. The van der Waals surface area contributed by atoms with Gasteiger partial charge in [0.05, 0.1) is 0 Å². The maximum absolute atomic E-state index is 11.8. The van der Waals surface area contributed by atoms with Gasteiger partial charge in [0.1, 0.15) is 0 Å². The number of ketones is 1. The number of rotatable bonds is 3. The van der Waals surface area contributed by atoms with Crippen LogP contribution >= 0.6 is 0 Å². The zero-order valence-corrected chi connectivity index (χ0v) is 7.68. The molecule has 1 atom stereocenters. The van der Waals surface area contributed by atoms with E-state index in [4.69, 9.17) is 0 Å². The van der Waals surface area contributed by atoms with Gasteiger partial charge in [-0.3, -0.25) is 4.79 Å². The van der Waals surface area contributed by atoms with Crippen LogP contribution in [0.15, 0.2) is 11.6 Å². The van der Waals surface area contributed by atoms with E-state index in [9.17, 15) is 4.79 Å². The second-order valence-electron chi connectivity index (χ2n) is 4.11. The molecule has 0 heterocycles. The molecule has 0 radical (unpaired) electrons. The molecule has 0 saturated heterocycles. The molecule has 0 N–H and O–H groups in total. The van der Waals surface area contributed by atoms with Crippen molar-refractivity contribution in [2.24, 2.45) is 11.8 Å². The third-order valence-corrected chi connectivity index (χ3v) is 3.10. The Hall–Kier alpha value is -0.590. The van der Waals surface area contributed by atoms with Gasteiger partial charge < -0.3 is 0 Å². The van der Waals surface area contributed by atoms with Gasteiger partial charge >= 0.3 is 0 Å². The molecule has 1 fully saturated rings. The number of allylic oxidation sites excluding steroid dienone is 2. The van der Waals surface area contributed by atoms with Gasteiger partial charge in [-0.2, -0.15) is 0 Å². The Morgan fingerprint density at radius 1 is 1.58 bits per heavy atom. The normalized spacial score (nSPS) is 25.2. The number of hydrogen-bond donors (Lipinski definition) is 0. The summed E-state index contributed by atoms with van der Waals surface area (Å²) in [5, 5.41) is 0. The molecule has 2 aliphatic carbocycles. The van der Waals surface area contributed by atoms with Crippen molar-refractivity contribution in [3.63, 3.8) is 0 Å². The Bertz CT molecular complexity index is 223. The van der Waals surface area contributed by atoms with E-state index in [2.05, 4.69) is 13.0 Å². The maximum atomic E-state index is 11.8. The Morgan fingerprint density at radius 3 is 2.83 bits per heavy atom. The van der Waals surface area contributed by atoms with Crippen molar-refractivity contribution in [2.75, 3.05) is 0 Å². The summed E-state index contributed by atoms with van der Waals surface area (Å²) in [5.74, 6) is 1.48. The van der Waals surface area contributed by atoms with Crippen LogP contribution < -0.4 is 0 Å². The van der Waals surface area contributed by atoms with Crippen LogP contribution in [-0.4, -0.2) is 5.78 Å². The fraction of sp³-hybridized carbons (Fsp3) is 0.727. The van der Waals surface area contributed by atoms with Crippen LogP contribution in [-0.2, 0) is 4.79 Å². The first-order chi connectivity index (χ1) is 5.79. The molecule has 12 heavy (non-hydrogen) atoms. The van der Waals surface area contributed by atoms with E-state index in [0.717, 1.165) is 24.3 Å². The van der Waals surface area contributed by atoms with Crippen LogP contribution in [0.1, 0.15) is 39.0 Å². The van der Waals surface area contributed by atoms with E-state index in [-0.39, 0.29) is 0 Å². The predicted molar refractivity (Wildman–Crippen MR) is 48.8 cm³/mol. The first-order valence-corrected chi connectivity index (χ1v) is 5.02. The summed E-state index contributed by atoms with van der Waals surface area (Å²) >= 11 is 0. The lowest BCUT2D eigenvalue weighted by Gasteiger charge is -2.08. The highest BCUT2D eigenvalue weighted by Crippen LogP contribution is 2.39. The molecule has 1 nitrogen and oxygen atoms in total. The summed E-state index contributed by atoms with van der Waals surface area (Å²) in [7, 11) is 0. The standard InChI is InChI=1S/C11H16O/c1-8(9-6-7-9)11(12)10-4-2-3-5-10/h4,8-9H,2-3,5-7H2,1H3. The van der Waals surface area contributed by atoms with E-state index < -0.39 is 0 Å². The molecule has 2 rings (SSSR count). The van der Waals surface area contributed by atoms with Crippen LogP contribution in [0.3, 0.4) is 0 Å². The largest absolute Gasteiger partial charge is 0.294 e. The number of carbonyl (C=O) groups is 1. The van der Waals surface area contributed by atoms with Crippen molar-refractivity contribution < 1.29 is 4.79 Å². The Balaban J connectivity index is 1.97. The number of carbonyl (C=O) groups excluding carboxylic acids is 1. The first kappa shape index (κ1) is 8.03. The van der Waals surface area contributed by atoms with Crippen LogP contribution in [0.4, 0.5) is 0 Å². The molecular formula is C11H16O. The highest BCUT2D eigenvalue weighted by Gasteiger charge is 2.33. The van der Waals surface area contributed by atoms with E-state index >= 15 is 0 Å². The fourth-order valence-corrected chi connectivity index (χ4v) is 2.00. The number of hydrogen-bond acceptors (Lipinski definition) is 1. The van der Waals surface area contributed by atoms with E-state index in [1.54, 1.807) is 0 Å². The molecule has 2 aliphatic rings. The highest BCUT2D eigenvalue weighted by atomic mass is 16.1. The quantitative estimate of drug-likeness (QED) is 0.626. The highest BCUT2D eigenvalue weighted by molar-refractivity contribution is 5.97. The average Bonchev–Trinajstić information content (AvgIpc) is 2.79. The molecule has 0 aromatic rings. The van der Waals surface area contributed by atoms with Gasteiger partial charge in [-0.15, -0.1) is 0 Å². The van der Waals surface area contributed by atoms with Crippen molar-refractivity contribution in [3.05, 3.63) is 11.6 Å². The van der Waals surface area contributed by atoms with Crippen molar-refractivity contribution in [1.29, 1.82) is 0 Å². The summed E-state index contributed by atoms with van der Waals surface area (Å²) in [6.07, 6.45) is 8.05. The molecule has 0 aliphatic heterocycles. The van der Waals surface area contributed by atoms with Gasteiger partial charge in [-0.05, 0) is 43.6 Å². The average molecular weight is 164 g/mol. The topological polar surface area (TPSA) is 17.1 Å². The minimum absolute atomic E-state index is 0.314. The zero-order chi connectivity index (χ0) is 8.55. The molecule has 0 bridgehead atoms. The van der Waals surface area contributed by atoms with Crippen LogP contribution in [0.5, 0.6) is 0 Å². The summed E-state index contributed by atoms with van der Waals surface area (Å²) < 4.78 is 0. The summed E-state index contributed by atoms with van der Waals surface area (Å²) in [6, 6.07) is 0. The van der Waals surface area contributed by atoms with Crippen LogP contribution in [0, 0.1) is 11.8 Å². The molecule has 0 spiro atoms. The zero-order valence-electron chi connectivity index (χ0n) is 7.68. The second kappa shape index (κ2) is 3.04. The molecule has 0 aromatic carbocycles. The lowest BCUT2D eigenvalue weighted by Crippen LogP contribution is -2.14. The Morgan fingerprint density at radius 2 is 2.33 bits per heavy atom. The molecule has 1 unspecified atom stereocenters. The van der Waals surface area contributed by atoms with Crippen molar-refractivity contribution in [3.8, 4) is 0 Å². The molecule has 1 saturated carbocycles. The molecule has 0 amide bonds. The monoisotopic (exact) mass is 164 g/mol. The molecule has 1 heteroatoms. The van der Waals surface area contributed by atoms with E-state index in [0.29, 0.717) is 11.7 Å². The SMILES string of the molecule is CC(C(=O)C1=CCCC1)C1CC1.